The standard InChI is InChI=1S/C14H18N4OS.C9H13NO/c1-10-14(6-12(9-19)17(10)3)20-18-5-4-13-11(8-18)7-16(2)15-13;1-10-7-8-5-3-4-6-9(8)11-2/h6-7,9H,4-5,8H2,1-3H3;3-6,10H,7H2,1-2H3. The summed E-state index contributed by atoms with van der Waals surface area (Å²) in [7, 11) is 7.51. The van der Waals surface area contributed by atoms with Crippen molar-refractivity contribution in [1.82, 2.24) is 24.0 Å². The largest absolute Gasteiger partial charge is 0.496 e. The van der Waals surface area contributed by atoms with Gasteiger partial charge < -0.3 is 14.6 Å². The fourth-order valence-corrected chi connectivity index (χ4v) is 4.69. The SMILES string of the molecule is CNCc1ccccc1OC.Cc1c(SN2CCc3nn(C)cc3C2)cc(C=O)n1C. The number of fused-ring (bicyclic) bond motifs is 1. The average molecular weight is 442 g/mol. The third-order valence-electron chi connectivity index (χ3n) is 5.37. The highest BCUT2D eigenvalue weighted by Gasteiger charge is 2.21. The molecule has 31 heavy (non-hydrogen) atoms. The molecule has 1 aliphatic rings. The number of para-hydroxylation sites is 1. The number of nitrogens with zero attached hydrogens (tertiary/aromatic N) is 4. The summed E-state index contributed by atoms with van der Waals surface area (Å²) in [5.41, 5.74) is 5.56. The summed E-state index contributed by atoms with van der Waals surface area (Å²) in [4.78, 5) is 12.2. The zero-order valence-corrected chi connectivity index (χ0v) is 19.7. The van der Waals surface area contributed by atoms with Gasteiger partial charge in [0.15, 0.2) is 6.29 Å². The number of methoxy groups -OCH3 is 1. The van der Waals surface area contributed by atoms with Crippen LogP contribution in [0.1, 0.15) is 33.0 Å². The van der Waals surface area contributed by atoms with Crippen LogP contribution >= 0.6 is 11.9 Å². The van der Waals surface area contributed by atoms with Crippen LogP contribution in [0.5, 0.6) is 5.75 Å². The van der Waals surface area contributed by atoms with E-state index in [2.05, 4.69) is 33.9 Å². The first-order valence-corrected chi connectivity index (χ1v) is 11.1. The van der Waals surface area contributed by atoms with Crippen LogP contribution < -0.4 is 10.1 Å². The van der Waals surface area contributed by atoms with Crippen LogP contribution in [-0.2, 0) is 33.6 Å². The number of carbonyl (C=O) groups is 1. The van der Waals surface area contributed by atoms with Gasteiger partial charge in [0.2, 0.25) is 0 Å². The van der Waals surface area contributed by atoms with Crippen molar-refractivity contribution < 1.29 is 9.53 Å². The molecular formula is C23H31N5O2S. The third kappa shape index (κ3) is 5.58. The Balaban J connectivity index is 0.000000210. The van der Waals surface area contributed by atoms with Crippen molar-refractivity contribution in [3.8, 4) is 5.75 Å². The van der Waals surface area contributed by atoms with Crippen LogP contribution in [0.15, 0.2) is 41.4 Å². The van der Waals surface area contributed by atoms with E-state index in [0.717, 1.165) is 54.4 Å². The lowest BCUT2D eigenvalue weighted by Gasteiger charge is -2.24. The molecule has 0 radical (unpaired) electrons. The highest BCUT2D eigenvalue weighted by Crippen LogP contribution is 2.32. The molecule has 3 aromatic rings. The van der Waals surface area contributed by atoms with Crippen molar-refractivity contribution in [3.63, 3.8) is 0 Å². The number of aromatic nitrogens is 3. The van der Waals surface area contributed by atoms with Gasteiger partial charge in [0.1, 0.15) is 5.75 Å². The van der Waals surface area contributed by atoms with Crippen molar-refractivity contribution in [3.05, 3.63) is 64.7 Å². The van der Waals surface area contributed by atoms with E-state index in [1.165, 1.54) is 16.8 Å². The Labute approximate surface area is 188 Å². The van der Waals surface area contributed by atoms with Crippen LogP contribution in [0, 0.1) is 6.92 Å². The molecule has 0 aliphatic carbocycles. The molecule has 3 heterocycles. The summed E-state index contributed by atoms with van der Waals surface area (Å²) in [6.07, 6.45) is 3.98. The third-order valence-corrected chi connectivity index (χ3v) is 6.55. The summed E-state index contributed by atoms with van der Waals surface area (Å²) in [5.74, 6) is 0.946. The molecule has 2 aromatic heterocycles. The van der Waals surface area contributed by atoms with E-state index in [0.29, 0.717) is 0 Å². The molecule has 4 rings (SSSR count). The smallest absolute Gasteiger partial charge is 0.166 e. The molecule has 7 nitrogen and oxygen atoms in total. The van der Waals surface area contributed by atoms with Crippen molar-refractivity contribution >= 4 is 18.2 Å². The second kappa shape index (κ2) is 10.7. The Kier molecular flexibility index (Phi) is 7.95. The van der Waals surface area contributed by atoms with Crippen molar-refractivity contribution in [1.29, 1.82) is 0 Å². The maximum Gasteiger partial charge on any atom is 0.166 e. The minimum Gasteiger partial charge on any atom is -0.496 e. The van der Waals surface area contributed by atoms with E-state index in [1.807, 2.05) is 54.7 Å². The number of aldehydes is 1. The van der Waals surface area contributed by atoms with Crippen LogP contribution in [-0.4, -0.2) is 45.6 Å². The number of carbonyl (C=O) groups excluding carboxylic acids is 1. The van der Waals surface area contributed by atoms with E-state index in [9.17, 15) is 4.79 Å². The maximum absolute atomic E-state index is 11.0. The minimum absolute atomic E-state index is 0.726. The molecular weight excluding hydrogens is 410 g/mol. The first-order valence-electron chi connectivity index (χ1n) is 10.3. The Morgan fingerprint density at radius 1 is 1.29 bits per heavy atom. The average Bonchev–Trinajstić information content (AvgIpc) is 3.28. The van der Waals surface area contributed by atoms with Gasteiger partial charge in [-0.1, -0.05) is 18.2 Å². The van der Waals surface area contributed by atoms with E-state index in [1.54, 1.807) is 19.1 Å². The van der Waals surface area contributed by atoms with Crippen molar-refractivity contribution in [2.75, 3.05) is 20.7 Å². The Morgan fingerprint density at radius 2 is 2.06 bits per heavy atom. The first-order chi connectivity index (χ1) is 15.0. The van der Waals surface area contributed by atoms with Crippen molar-refractivity contribution in [2.24, 2.45) is 14.1 Å². The molecule has 0 unspecified atom stereocenters. The number of rotatable bonds is 6. The molecule has 166 valence electrons. The molecule has 1 aromatic carbocycles. The fraction of sp³-hybridized carbons (Fsp3) is 0.391. The van der Waals surface area contributed by atoms with Gasteiger partial charge in [-0.3, -0.25) is 9.48 Å². The summed E-state index contributed by atoms with van der Waals surface area (Å²) in [6, 6.07) is 9.96. The van der Waals surface area contributed by atoms with Gasteiger partial charge in [-0.05, 0) is 38.1 Å². The zero-order valence-electron chi connectivity index (χ0n) is 18.9. The highest BCUT2D eigenvalue weighted by molar-refractivity contribution is 7.97. The molecule has 1 aliphatic heterocycles. The van der Waals surface area contributed by atoms with Gasteiger partial charge in [-0.25, -0.2) is 4.31 Å². The Morgan fingerprint density at radius 3 is 2.74 bits per heavy atom. The van der Waals surface area contributed by atoms with Crippen LogP contribution in [0.2, 0.25) is 0 Å². The summed E-state index contributed by atoms with van der Waals surface area (Å²) < 4.78 is 11.3. The van der Waals surface area contributed by atoms with Crippen LogP contribution in [0.3, 0.4) is 0 Å². The van der Waals surface area contributed by atoms with Gasteiger partial charge in [0.05, 0.1) is 18.5 Å². The number of ether oxygens (including phenoxy) is 1. The predicted molar refractivity (Wildman–Crippen MR) is 124 cm³/mol. The normalized spacial score (nSPS) is 13.3. The number of aryl methyl sites for hydroxylation is 1. The first kappa shape index (κ1) is 23.1. The van der Waals surface area contributed by atoms with E-state index < -0.39 is 0 Å². The molecule has 0 saturated heterocycles. The number of hydrogen-bond donors (Lipinski definition) is 1. The van der Waals surface area contributed by atoms with E-state index in [-0.39, 0.29) is 0 Å². The number of hydrogen-bond acceptors (Lipinski definition) is 6. The quantitative estimate of drug-likeness (QED) is 0.468. The van der Waals surface area contributed by atoms with Gasteiger partial charge in [-0.15, -0.1) is 0 Å². The monoisotopic (exact) mass is 441 g/mol. The maximum atomic E-state index is 11.0. The zero-order chi connectivity index (χ0) is 22.4. The molecule has 0 amide bonds. The molecule has 1 N–H and O–H groups in total. The lowest BCUT2D eigenvalue weighted by Crippen LogP contribution is -2.24. The molecule has 8 heteroatoms. The molecule has 0 bridgehead atoms. The lowest BCUT2D eigenvalue weighted by atomic mass is 10.1. The van der Waals surface area contributed by atoms with Gasteiger partial charge in [-0.2, -0.15) is 5.10 Å². The highest BCUT2D eigenvalue weighted by atomic mass is 32.2. The predicted octanol–water partition coefficient (Wildman–Crippen LogP) is 3.36. The van der Waals surface area contributed by atoms with Gasteiger partial charge in [0, 0.05) is 68.1 Å². The molecule has 0 fully saturated rings. The number of nitrogens with one attached hydrogen (secondary N) is 1. The minimum atomic E-state index is 0.726. The summed E-state index contributed by atoms with van der Waals surface area (Å²) in [5, 5.41) is 7.55. The molecule has 0 spiro atoms. The van der Waals surface area contributed by atoms with Crippen LogP contribution in [0.4, 0.5) is 0 Å². The van der Waals surface area contributed by atoms with Gasteiger partial charge in [0.25, 0.3) is 0 Å². The Hall–Kier alpha value is -2.55. The second-order valence-corrected chi connectivity index (χ2v) is 8.66. The summed E-state index contributed by atoms with van der Waals surface area (Å²) in [6.45, 7) is 4.79. The molecule has 0 atom stereocenters. The fourth-order valence-electron chi connectivity index (χ4n) is 3.58. The van der Waals surface area contributed by atoms with E-state index in [4.69, 9.17) is 4.74 Å². The van der Waals surface area contributed by atoms with Gasteiger partial charge >= 0.3 is 0 Å². The summed E-state index contributed by atoms with van der Waals surface area (Å²) >= 11 is 1.73. The molecule has 0 saturated carbocycles. The van der Waals surface area contributed by atoms with Crippen molar-refractivity contribution in [2.45, 2.75) is 31.3 Å². The second-order valence-electron chi connectivity index (χ2n) is 7.52. The Bertz CT molecular complexity index is 1030. The van der Waals surface area contributed by atoms with Crippen LogP contribution in [0.25, 0.3) is 0 Å². The lowest BCUT2D eigenvalue weighted by molar-refractivity contribution is 0.111. The topological polar surface area (TPSA) is 64.3 Å². The number of benzene rings is 1. The van der Waals surface area contributed by atoms with E-state index >= 15 is 0 Å².